The van der Waals surface area contributed by atoms with E-state index in [1.807, 2.05) is 31.2 Å². The molecule has 3 nitrogen and oxygen atoms in total. The third-order valence-corrected chi connectivity index (χ3v) is 2.34. The van der Waals surface area contributed by atoms with E-state index in [2.05, 4.69) is 4.72 Å². The van der Waals surface area contributed by atoms with Crippen molar-refractivity contribution in [2.75, 3.05) is 0 Å². The van der Waals surface area contributed by atoms with Gasteiger partial charge in [-0.1, -0.05) is 18.2 Å². The van der Waals surface area contributed by atoms with Crippen LogP contribution >= 0.6 is 25.4 Å². The van der Waals surface area contributed by atoms with Gasteiger partial charge in [-0.3, -0.25) is 4.72 Å². The molecule has 0 aliphatic carbocycles. The highest BCUT2D eigenvalue weighted by Crippen LogP contribution is 2.17. The fourth-order valence-corrected chi connectivity index (χ4v) is 1.36. The lowest BCUT2D eigenvalue weighted by atomic mass is 10.2. The van der Waals surface area contributed by atoms with E-state index in [4.69, 9.17) is 5.73 Å². The van der Waals surface area contributed by atoms with Gasteiger partial charge in [0.05, 0.1) is 0 Å². The second-order valence-electron chi connectivity index (χ2n) is 2.33. The Balaban J connectivity index is 0.00000144. The minimum absolute atomic E-state index is 0. The van der Waals surface area contributed by atoms with Crippen LogP contribution in [0.5, 0.6) is 0 Å². The smallest absolute Gasteiger partial charge is 0.322 e. The van der Waals surface area contributed by atoms with Crippen molar-refractivity contribution in [3.8, 4) is 0 Å². The van der Waals surface area contributed by atoms with Gasteiger partial charge in [0.2, 0.25) is 0 Å². The minimum atomic E-state index is -0.525. The van der Waals surface area contributed by atoms with Crippen LogP contribution < -0.4 is 10.5 Å². The van der Waals surface area contributed by atoms with E-state index < -0.39 is 6.03 Å². The van der Waals surface area contributed by atoms with Crippen molar-refractivity contribution in [3.05, 3.63) is 29.8 Å². The fourth-order valence-electron chi connectivity index (χ4n) is 0.776. The molecule has 13 heavy (non-hydrogen) atoms. The van der Waals surface area contributed by atoms with E-state index in [1.54, 1.807) is 0 Å². The van der Waals surface area contributed by atoms with Crippen molar-refractivity contribution >= 4 is 31.5 Å². The Morgan fingerprint density at radius 2 is 2.08 bits per heavy atom. The Hall–Kier alpha value is -0.810. The van der Waals surface area contributed by atoms with Crippen molar-refractivity contribution < 1.29 is 4.79 Å². The summed E-state index contributed by atoms with van der Waals surface area (Å²) in [4.78, 5) is 11.4. The van der Waals surface area contributed by atoms with Gasteiger partial charge in [0.1, 0.15) is 0 Å². The molecule has 1 aromatic rings. The molecule has 0 heterocycles. The summed E-state index contributed by atoms with van der Waals surface area (Å²) < 4.78 is 2.46. The number of urea groups is 1. The molecule has 72 valence electrons. The van der Waals surface area contributed by atoms with Gasteiger partial charge in [0, 0.05) is 4.90 Å². The van der Waals surface area contributed by atoms with Crippen LogP contribution in [0.25, 0.3) is 0 Å². The molecule has 0 fully saturated rings. The fraction of sp³-hybridized carbons (Fsp3) is 0.125. The lowest BCUT2D eigenvalue weighted by Crippen LogP contribution is -2.22. The third-order valence-electron chi connectivity index (χ3n) is 1.36. The largest absolute Gasteiger partial charge is 0.351 e. The molecule has 0 aromatic heterocycles. The lowest BCUT2D eigenvalue weighted by Gasteiger charge is -2.03. The van der Waals surface area contributed by atoms with Crippen LogP contribution in [0.15, 0.2) is 29.2 Å². The molecule has 0 aliphatic rings. The maximum Gasteiger partial charge on any atom is 0.322 e. The highest BCUT2D eigenvalue weighted by atomic mass is 32.2. The molecule has 1 aromatic carbocycles. The second kappa shape index (κ2) is 5.77. The number of carbonyl (C=O) groups excluding carboxylic acids is 1. The number of aryl methyl sites for hydroxylation is 1. The van der Waals surface area contributed by atoms with E-state index in [1.165, 1.54) is 11.9 Å². The molecule has 0 atom stereocenters. The number of carbonyl (C=O) groups is 1. The van der Waals surface area contributed by atoms with Gasteiger partial charge < -0.3 is 5.73 Å². The van der Waals surface area contributed by atoms with Gasteiger partial charge in [-0.15, -0.1) is 0 Å². The number of nitrogens with one attached hydrogen (secondary N) is 1. The zero-order valence-electron chi connectivity index (χ0n) is 7.20. The maximum absolute atomic E-state index is 10.4. The first-order valence-electron chi connectivity index (χ1n) is 3.48. The first kappa shape index (κ1) is 12.2. The molecule has 1 rings (SSSR count). The van der Waals surface area contributed by atoms with Crippen molar-refractivity contribution in [3.63, 3.8) is 0 Å². The van der Waals surface area contributed by atoms with Gasteiger partial charge in [0.15, 0.2) is 0 Å². The summed E-state index contributed by atoms with van der Waals surface area (Å²) >= 11 is 1.23. The Morgan fingerprint density at radius 1 is 1.46 bits per heavy atom. The van der Waals surface area contributed by atoms with Crippen LogP contribution in [0, 0.1) is 6.92 Å². The van der Waals surface area contributed by atoms with Crippen LogP contribution in [0.4, 0.5) is 4.79 Å². The van der Waals surface area contributed by atoms with Crippen molar-refractivity contribution in [1.82, 2.24) is 4.72 Å². The summed E-state index contributed by atoms with van der Waals surface area (Å²) in [6.07, 6.45) is 0. The Kier molecular flexibility index (Phi) is 5.41. The summed E-state index contributed by atoms with van der Waals surface area (Å²) in [6.45, 7) is 1.98. The number of benzene rings is 1. The van der Waals surface area contributed by atoms with E-state index >= 15 is 0 Å². The molecule has 0 saturated heterocycles. The van der Waals surface area contributed by atoms with E-state index in [-0.39, 0.29) is 13.5 Å². The van der Waals surface area contributed by atoms with Gasteiger partial charge in [-0.05, 0) is 30.5 Å². The maximum atomic E-state index is 10.4. The molecule has 2 amide bonds. The monoisotopic (exact) mass is 216 g/mol. The minimum Gasteiger partial charge on any atom is -0.351 e. The number of rotatable bonds is 2. The molecule has 3 N–H and O–H groups in total. The van der Waals surface area contributed by atoms with Crippen LogP contribution in [0.3, 0.4) is 0 Å². The van der Waals surface area contributed by atoms with Crippen LogP contribution in [0.1, 0.15) is 5.56 Å². The van der Waals surface area contributed by atoms with E-state index in [9.17, 15) is 4.79 Å². The molecular formula is C8H12N2OS2. The third kappa shape index (κ3) is 4.10. The first-order valence-corrected chi connectivity index (χ1v) is 4.29. The SMILES string of the molecule is Cc1ccccc1SNC(N)=O.S. The molecule has 0 bridgehead atoms. The summed E-state index contributed by atoms with van der Waals surface area (Å²) in [7, 11) is 0. The topological polar surface area (TPSA) is 55.1 Å². The molecule has 0 radical (unpaired) electrons. The van der Waals surface area contributed by atoms with Crippen LogP contribution in [-0.4, -0.2) is 6.03 Å². The molecular weight excluding hydrogens is 204 g/mol. The predicted octanol–water partition coefficient (Wildman–Crippen LogP) is 1.78. The lowest BCUT2D eigenvalue weighted by molar-refractivity contribution is 0.254. The highest BCUT2D eigenvalue weighted by Gasteiger charge is 1.98. The van der Waals surface area contributed by atoms with E-state index in [0.29, 0.717) is 0 Å². The normalized spacial score (nSPS) is 8.69. The standard InChI is InChI=1S/C8H10N2OS.H2S/c1-6-4-2-3-5-7(6)12-10-8(9)11;/h2-5H,1H3,(H3,9,10,11);1H2. The molecule has 0 spiro atoms. The first-order chi connectivity index (χ1) is 5.70. The summed E-state index contributed by atoms with van der Waals surface area (Å²) in [5, 5.41) is 0. The predicted molar refractivity (Wildman–Crippen MR) is 60.1 cm³/mol. The molecule has 5 heteroatoms. The summed E-state index contributed by atoms with van der Waals surface area (Å²) in [6, 6.07) is 7.24. The number of nitrogens with two attached hydrogens (primary N) is 1. The Labute approximate surface area is 88.7 Å². The number of hydrogen-bond donors (Lipinski definition) is 2. The zero-order chi connectivity index (χ0) is 8.97. The van der Waals surface area contributed by atoms with Gasteiger partial charge in [0.25, 0.3) is 0 Å². The average molecular weight is 216 g/mol. The van der Waals surface area contributed by atoms with Crippen LogP contribution in [-0.2, 0) is 0 Å². The molecule has 0 unspecified atom stereocenters. The molecule has 0 aliphatic heterocycles. The number of amides is 2. The van der Waals surface area contributed by atoms with Crippen molar-refractivity contribution in [2.24, 2.45) is 5.73 Å². The van der Waals surface area contributed by atoms with Crippen LogP contribution in [0.2, 0.25) is 0 Å². The van der Waals surface area contributed by atoms with Gasteiger partial charge in [-0.2, -0.15) is 13.5 Å². The Bertz CT molecular complexity index is 291. The summed E-state index contributed by atoms with van der Waals surface area (Å²) in [5.41, 5.74) is 6.04. The Morgan fingerprint density at radius 3 is 2.62 bits per heavy atom. The number of primary amides is 1. The van der Waals surface area contributed by atoms with E-state index in [0.717, 1.165) is 10.5 Å². The number of hydrogen-bond acceptors (Lipinski definition) is 2. The zero-order valence-corrected chi connectivity index (χ0v) is 9.02. The summed E-state index contributed by atoms with van der Waals surface area (Å²) in [5.74, 6) is 0. The second-order valence-corrected chi connectivity index (χ2v) is 3.18. The molecule has 0 saturated carbocycles. The van der Waals surface area contributed by atoms with Crippen molar-refractivity contribution in [2.45, 2.75) is 11.8 Å². The van der Waals surface area contributed by atoms with Gasteiger partial charge in [-0.25, -0.2) is 4.79 Å². The van der Waals surface area contributed by atoms with Crippen molar-refractivity contribution in [1.29, 1.82) is 0 Å². The van der Waals surface area contributed by atoms with Gasteiger partial charge >= 0.3 is 6.03 Å². The average Bonchev–Trinajstić information content (AvgIpc) is 2.03. The highest BCUT2D eigenvalue weighted by molar-refractivity contribution is 7.98. The quantitative estimate of drug-likeness (QED) is 0.740.